The lowest BCUT2D eigenvalue weighted by Gasteiger charge is -2.30. The number of carbonyl (C=O) groups is 2. The van der Waals surface area contributed by atoms with Gasteiger partial charge < -0.3 is 9.47 Å². The van der Waals surface area contributed by atoms with Crippen LogP contribution in [0.4, 0.5) is 0 Å². The molecular formula is C16H21NO4. The summed E-state index contributed by atoms with van der Waals surface area (Å²) in [6.07, 6.45) is 0.0929. The fourth-order valence-electron chi connectivity index (χ4n) is 2.20. The van der Waals surface area contributed by atoms with Gasteiger partial charge in [0.15, 0.2) is 0 Å². The van der Waals surface area contributed by atoms with E-state index in [0.29, 0.717) is 23.6 Å². The zero-order valence-corrected chi connectivity index (χ0v) is 13.1. The summed E-state index contributed by atoms with van der Waals surface area (Å²) in [6.45, 7) is 9.69. The molecule has 0 saturated carbocycles. The second-order valence-electron chi connectivity index (χ2n) is 6.92. The van der Waals surface area contributed by atoms with Crippen molar-refractivity contribution < 1.29 is 19.1 Å². The number of hydrogen-bond donors (Lipinski definition) is 0. The quantitative estimate of drug-likeness (QED) is 0.783. The number of fused-ring (bicyclic) bond motifs is 1. The van der Waals surface area contributed by atoms with Crippen LogP contribution in [0.25, 0.3) is 0 Å². The molecule has 0 bridgehead atoms. The molecule has 1 aromatic rings. The van der Waals surface area contributed by atoms with Crippen molar-refractivity contribution in [3.05, 3.63) is 29.1 Å². The van der Waals surface area contributed by atoms with Crippen LogP contribution in [-0.2, 0) is 26.1 Å². The van der Waals surface area contributed by atoms with Crippen LogP contribution in [0.3, 0.4) is 0 Å². The van der Waals surface area contributed by atoms with Crippen molar-refractivity contribution in [1.29, 1.82) is 0 Å². The molecule has 2 rings (SSSR count). The number of nitrogens with zero attached hydrogens (tertiary/aromatic N) is 1. The minimum atomic E-state index is -0.519. The number of esters is 2. The Morgan fingerprint density at radius 1 is 1.38 bits per heavy atom. The Hall–Kier alpha value is -1.91. The molecule has 114 valence electrons. The standard InChI is InChI=1S/C16H21NO4/c1-15(2,3)21-12(18)8-10-6-7-11-13(17-10)16(4,5)9-20-14(11)19/h6-7H,8-9H2,1-5H3. The molecule has 1 aliphatic heterocycles. The molecule has 2 heterocycles. The lowest BCUT2D eigenvalue weighted by atomic mass is 9.85. The van der Waals surface area contributed by atoms with E-state index in [4.69, 9.17) is 9.47 Å². The molecule has 21 heavy (non-hydrogen) atoms. The van der Waals surface area contributed by atoms with Crippen LogP contribution < -0.4 is 0 Å². The highest BCUT2D eigenvalue weighted by Crippen LogP contribution is 2.30. The third kappa shape index (κ3) is 3.60. The zero-order valence-electron chi connectivity index (χ0n) is 13.1. The number of pyridine rings is 1. The molecule has 5 nitrogen and oxygen atoms in total. The van der Waals surface area contributed by atoms with E-state index >= 15 is 0 Å². The number of carbonyl (C=O) groups excluding carboxylic acids is 2. The van der Waals surface area contributed by atoms with Gasteiger partial charge in [0.25, 0.3) is 0 Å². The molecule has 5 heteroatoms. The van der Waals surface area contributed by atoms with Crippen molar-refractivity contribution >= 4 is 11.9 Å². The van der Waals surface area contributed by atoms with E-state index in [0.717, 1.165) is 0 Å². The first-order valence-electron chi connectivity index (χ1n) is 6.98. The number of cyclic esters (lactones) is 1. The van der Waals surface area contributed by atoms with Crippen LogP contribution in [0, 0.1) is 0 Å². The average Bonchev–Trinajstić information content (AvgIpc) is 2.32. The highest BCUT2D eigenvalue weighted by atomic mass is 16.6. The van der Waals surface area contributed by atoms with Crippen LogP contribution in [-0.4, -0.2) is 29.1 Å². The zero-order chi connectivity index (χ0) is 15.8. The SMILES string of the molecule is CC(C)(C)OC(=O)Cc1ccc2c(n1)C(C)(C)COC2=O. The predicted molar refractivity (Wildman–Crippen MR) is 77.1 cm³/mol. The van der Waals surface area contributed by atoms with Gasteiger partial charge in [0.2, 0.25) is 0 Å². The highest BCUT2D eigenvalue weighted by Gasteiger charge is 2.35. The van der Waals surface area contributed by atoms with Gasteiger partial charge in [-0.25, -0.2) is 4.79 Å². The van der Waals surface area contributed by atoms with Crippen molar-refractivity contribution in [2.75, 3.05) is 6.61 Å². The highest BCUT2D eigenvalue weighted by molar-refractivity contribution is 5.92. The summed E-state index contributed by atoms with van der Waals surface area (Å²) in [7, 11) is 0. The molecule has 1 aromatic heterocycles. The van der Waals surface area contributed by atoms with Gasteiger partial charge in [-0.3, -0.25) is 9.78 Å². The Kier molecular flexibility index (Phi) is 3.78. The van der Waals surface area contributed by atoms with E-state index in [1.807, 2.05) is 34.6 Å². The van der Waals surface area contributed by atoms with Crippen LogP contribution in [0.15, 0.2) is 12.1 Å². The van der Waals surface area contributed by atoms with Crippen molar-refractivity contribution in [1.82, 2.24) is 4.98 Å². The molecule has 0 N–H and O–H groups in total. The molecule has 0 radical (unpaired) electrons. The molecule has 0 amide bonds. The van der Waals surface area contributed by atoms with E-state index in [1.54, 1.807) is 12.1 Å². The molecule has 0 atom stereocenters. The van der Waals surface area contributed by atoms with E-state index in [-0.39, 0.29) is 23.8 Å². The van der Waals surface area contributed by atoms with E-state index in [2.05, 4.69) is 4.98 Å². The summed E-state index contributed by atoms with van der Waals surface area (Å²) >= 11 is 0. The molecule has 0 unspecified atom stereocenters. The Morgan fingerprint density at radius 2 is 2.05 bits per heavy atom. The third-order valence-corrected chi connectivity index (χ3v) is 3.12. The maximum Gasteiger partial charge on any atom is 0.340 e. The average molecular weight is 291 g/mol. The lowest BCUT2D eigenvalue weighted by molar-refractivity contribution is -0.154. The van der Waals surface area contributed by atoms with Gasteiger partial charge in [-0.05, 0) is 32.9 Å². The van der Waals surface area contributed by atoms with E-state index in [9.17, 15) is 9.59 Å². The van der Waals surface area contributed by atoms with Gasteiger partial charge in [0, 0.05) is 5.41 Å². The number of aromatic nitrogens is 1. The molecule has 0 spiro atoms. The van der Waals surface area contributed by atoms with E-state index in [1.165, 1.54) is 0 Å². The van der Waals surface area contributed by atoms with Gasteiger partial charge in [-0.15, -0.1) is 0 Å². The minimum absolute atomic E-state index is 0.0929. The Balaban J connectivity index is 2.25. The first-order chi connectivity index (χ1) is 9.58. The summed E-state index contributed by atoms with van der Waals surface area (Å²) in [5.74, 6) is -0.688. The first-order valence-corrected chi connectivity index (χ1v) is 6.98. The van der Waals surface area contributed by atoms with Gasteiger partial charge in [-0.1, -0.05) is 13.8 Å². The van der Waals surface area contributed by atoms with Crippen molar-refractivity contribution in [3.63, 3.8) is 0 Å². The Bertz CT molecular complexity index is 584. The van der Waals surface area contributed by atoms with Crippen LogP contribution >= 0.6 is 0 Å². The van der Waals surface area contributed by atoms with Gasteiger partial charge in [0.05, 0.1) is 23.4 Å². The predicted octanol–water partition coefficient (Wildman–Crippen LogP) is 2.41. The molecular weight excluding hydrogens is 270 g/mol. The smallest absolute Gasteiger partial charge is 0.340 e. The van der Waals surface area contributed by atoms with E-state index < -0.39 is 5.60 Å². The number of hydrogen-bond acceptors (Lipinski definition) is 5. The molecule has 0 aromatic carbocycles. The minimum Gasteiger partial charge on any atom is -0.461 e. The van der Waals surface area contributed by atoms with Gasteiger partial charge in [0.1, 0.15) is 12.2 Å². The fraction of sp³-hybridized carbons (Fsp3) is 0.562. The third-order valence-electron chi connectivity index (χ3n) is 3.12. The molecule has 0 saturated heterocycles. The summed E-state index contributed by atoms with van der Waals surface area (Å²) in [5, 5.41) is 0. The largest absolute Gasteiger partial charge is 0.461 e. The van der Waals surface area contributed by atoms with Crippen molar-refractivity contribution in [2.24, 2.45) is 0 Å². The second kappa shape index (κ2) is 5.13. The molecule has 1 aliphatic rings. The van der Waals surface area contributed by atoms with Crippen LogP contribution in [0.1, 0.15) is 56.4 Å². The van der Waals surface area contributed by atoms with Gasteiger partial charge in [-0.2, -0.15) is 0 Å². The topological polar surface area (TPSA) is 65.5 Å². The first kappa shape index (κ1) is 15.5. The monoisotopic (exact) mass is 291 g/mol. The normalized spacial score (nSPS) is 16.9. The van der Waals surface area contributed by atoms with Crippen LogP contribution in [0.2, 0.25) is 0 Å². The van der Waals surface area contributed by atoms with Crippen molar-refractivity contribution in [2.45, 2.75) is 52.1 Å². The lowest BCUT2D eigenvalue weighted by Crippen LogP contribution is -2.35. The second-order valence-corrected chi connectivity index (χ2v) is 6.92. The maximum absolute atomic E-state index is 11.9. The molecule has 0 aliphatic carbocycles. The molecule has 0 fully saturated rings. The van der Waals surface area contributed by atoms with Crippen molar-refractivity contribution in [3.8, 4) is 0 Å². The summed E-state index contributed by atoms with van der Waals surface area (Å²) in [6, 6.07) is 3.34. The Morgan fingerprint density at radius 3 is 2.67 bits per heavy atom. The summed E-state index contributed by atoms with van der Waals surface area (Å²) in [4.78, 5) is 28.1. The van der Waals surface area contributed by atoms with Crippen LogP contribution in [0.5, 0.6) is 0 Å². The number of ether oxygens (including phenoxy) is 2. The fourth-order valence-corrected chi connectivity index (χ4v) is 2.20. The van der Waals surface area contributed by atoms with Gasteiger partial charge >= 0.3 is 11.9 Å². The maximum atomic E-state index is 11.9. The summed E-state index contributed by atoms with van der Waals surface area (Å²) in [5.41, 5.74) is 0.881. The number of rotatable bonds is 2. The summed E-state index contributed by atoms with van der Waals surface area (Å²) < 4.78 is 10.4. The Labute approximate surface area is 124 Å².